The van der Waals surface area contributed by atoms with E-state index in [1.165, 1.54) is 171 Å². The molecule has 11 aliphatic carbocycles. The molecule has 17 rings (SSSR count). The van der Waals surface area contributed by atoms with Crippen LogP contribution in [-0.4, -0.2) is 121 Å². The largest absolute Gasteiger partial charge is 0.507 e. The van der Waals surface area contributed by atoms with Crippen LogP contribution in [-0.2, 0) is 14.2 Å². The third-order valence-corrected chi connectivity index (χ3v) is 29.8. The number of hydrogen-bond donors (Lipinski definition) is 9. The summed E-state index contributed by atoms with van der Waals surface area (Å²) in [7, 11) is 0. The van der Waals surface area contributed by atoms with Gasteiger partial charge in [-0.25, -0.2) is 4.79 Å². The van der Waals surface area contributed by atoms with Crippen LogP contribution in [0.4, 0.5) is 0 Å². The number of allylic oxidation sites excluding steroid dienone is 1. The number of Topliss-reactive ketones (excluding diaryl/α,β-unsaturated/α-hetero) is 1. The number of aromatic hydroxyl groups is 2. The first-order valence-electron chi connectivity index (χ1n) is 35.1. The van der Waals surface area contributed by atoms with Gasteiger partial charge in [-0.3, -0.25) is 15.6 Å². The van der Waals surface area contributed by atoms with Gasteiger partial charge in [-0.05, 0) is 259 Å². The monoisotopic (exact) mass is 1210 g/mol. The molecule has 15 heteroatoms. The number of aromatic carboxylic acids is 1. The van der Waals surface area contributed by atoms with Gasteiger partial charge < -0.3 is 54.7 Å². The summed E-state index contributed by atoms with van der Waals surface area (Å²) in [4.78, 5) is 25.9. The maximum atomic E-state index is 13.9. The number of aliphatic hydroxyl groups is 4. The number of ether oxygens (including phenoxy) is 4. The Morgan fingerprint density at radius 3 is 2.16 bits per heavy atom. The number of benzene rings is 2. The number of carboxylic acid groups (broad SMARTS) is 1. The molecule has 4 heterocycles. The molecule has 16 atom stereocenters. The van der Waals surface area contributed by atoms with Gasteiger partial charge in [0.25, 0.3) is 0 Å². The lowest BCUT2D eigenvalue weighted by atomic mass is 9.38. The van der Waals surface area contributed by atoms with Crippen molar-refractivity contribution in [1.82, 2.24) is 10.9 Å². The lowest BCUT2D eigenvalue weighted by Gasteiger charge is -2.72. The number of ketones is 1. The van der Waals surface area contributed by atoms with Crippen molar-refractivity contribution in [2.24, 2.45) is 61.1 Å². The number of carbonyl (C=O) groups is 2. The summed E-state index contributed by atoms with van der Waals surface area (Å²) in [5.74, 6) is -3.10. The maximum Gasteiger partial charge on any atom is 0.335 e. The average Bonchev–Trinajstić information content (AvgIpc) is 1.35. The van der Waals surface area contributed by atoms with Gasteiger partial charge in [-0.1, -0.05) is 44.6 Å². The molecule has 9 N–H and O–H groups in total. The number of carboxylic acids is 1. The third kappa shape index (κ3) is 7.68. The van der Waals surface area contributed by atoms with E-state index in [4.69, 9.17) is 18.9 Å². The molecule has 15 nitrogen and oxygen atoms in total. The van der Waals surface area contributed by atoms with E-state index >= 15 is 0 Å². The Kier molecular flexibility index (Phi) is 12.9. The molecule has 3 saturated heterocycles. The van der Waals surface area contributed by atoms with E-state index < -0.39 is 76.6 Å². The molecular weight excluding hydrogens is 1110 g/mol. The second kappa shape index (κ2) is 19.5. The third-order valence-electron chi connectivity index (χ3n) is 29.8. The predicted molar refractivity (Wildman–Crippen MR) is 327 cm³/mol. The van der Waals surface area contributed by atoms with Gasteiger partial charge in [-0.2, -0.15) is 0 Å². The van der Waals surface area contributed by atoms with Crippen molar-refractivity contribution in [3.63, 3.8) is 0 Å². The van der Waals surface area contributed by atoms with Gasteiger partial charge in [0, 0.05) is 47.1 Å². The van der Waals surface area contributed by atoms with Gasteiger partial charge in [0.15, 0.2) is 5.78 Å². The fraction of sp³-hybridized carbons (Fsp3) is 0.781. The van der Waals surface area contributed by atoms with Gasteiger partial charge in [0.1, 0.15) is 41.2 Å². The molecule has 10 spiro atoms. The molecule has 0 aromatic heterocycles. The SMILES string of the molecule is CC(=O)c1c(C)c(O)c2cc(C(=O)O)cc(O[C@@H]3O[C@H](CO)[C@]4(C[C@@H]5C6=C(CC=C6[C@]6(CCCO)COC[C@H]7C[C@@]89C[C@]5(NN[C@H]8C[C@]5(CC8(CCCC8)C[C@]58CCC5(CCCC5)C8)C9)[C@H]76)[C@]5(CCC[C@]6(CCC7(CCCC7)C6)C5)O4)[C@H](O)[C@H]3O)c2c1O. The molecule has 0 unspecified atom stereocenters. The second-order valence-electron chi connectivity index (χ2n) is 33.8. The molecule has 10 saturated carbocycles. The number of rotatable bonds is 8. The van der Waals surface area contributed by atoms with Crippen molar-refractivity contribution in [1.29, 1.82) is 0 Å². The molecule has 2 aromatic carbocycles. The zero-order valence-electron chi connectivity index (χ0n) is 52.4. The summed E-state index contributed by atoms with van der Waals surface area (Å²) in [6, 6.07) is 2.64. The van der Waals surface area contributed by atoms with Crippen molar-refractivity contribution in [2.75, 3.05) is 26.4 Å². The second-order valence-corrected chi connectivity index (χ2v) is 33.8. The first-order chi connectivity index (χ1) is 42.2. The Balaban J connectivity index is 0.825. The summed E-state index contributed by atoms with van der Waals surface area (Å²) in [6.07, 6.45) is 32.6. The summed E-state index contributed by atoms with van der Waals surface area (Å²) < 4.78 is 29.2. The van der Waals surface area contributed by atoms with Crippen molar-refractivity contribution in [3.8, 4) is 17.2 Å². The highest BCUT2D eigenvalue weighted by molar-refractivity contribution is 6.11. The number of phenolic OH excluding ortho intramolecular Hbond substituents is 2. The molecule has 4 aliphatic heterocycles. The fourth-order valence-corrected chi connectivity index (χ4v) is 27.3. The minimum atomic E-state index is -1.84. The molecule has 2 bridgehead atoms. The van der Waals surface area contributed by atoms with E-state index in [9.17, 15) is 45.3 Å². The normalized spacial score (nSPS) is 45.2. The summed E-state index contributed by atoms with van der Waals surface area (Å²) >= 11 is 0. The fourth-order valence-electron chi connectivity index (χ4n) is 27.3. The van der Waals surface area contributed by atoms with Crippen LogP contribution < -0.4 is 15.6 Å². The van der Waals surface area contributed by atoms with E-state index in [1.54, 1.807) is 0 Å². The van der Waals surface area contributed by atoms with Crippen molar-refractivity contribution < 1.29 is 64.3 Å². The van der Waals surface area contributed by atoms with Crippen LogP contribution in [0.25, 0.3) is 10.8 Å². The smallest absolute Gasteiger partial charge is 0.335 e. The highest BCUT2D eigenvalue weighted by atomic mass is 16.7. The number of hydrogen-bond acceptors (Lipinski definition) is 14. The van der Waals surface area contributed by atoms with Crippen molar-refractivity contribution in [3.05, 3.63) is 51.6 Å². The minimum absolute atomic E-state index is 0.0144. The Hall–Kier alpha value is -3.64. The van der Waals surface area contributed by atoms with Crippen LogP contribution in [0.1, 0.15) is 239 Å². The Morgan fingerprint density at radius 2 is 1.43 bits per heavy atom. The number of phenols is 2. The summed E-state index contributed by atoms with van der Waals surface area (Å²) in [6.45, 7) is 3.44. The molecule has 2 aromatic rings. The number of aliphatic hydroxyl groups excluding tert-OH is 4. The van der Waals surface area contributed by atoms with E-state index in [1.807, 2.05) is 0 Å². The summed E-state index contributed by atoms with van der Waals surface area (Å²) in [5.41, 5.74) is 10.4. The molecular formula is C73H98N2O13. The van der Waals surface area contributed by atoms with Gasteiger partial charge >= 0.3 is 5.97 Å². The number of carbonyl (C=O) groups excluding carboxylic acids is 1. The first kappa shape index (κ1) is 58.2. The molecule has 15 aliphatic rings. The highest BCUT2D eigenvalue weighted by Gasteiger charge is 2.80. The average molecular weight is 1210 g/mol. The minimum Gasteiger partial charge on any atom is -0.507 e. The zero-order valence-corrected chi connectivity index (χ0v) is 52.4. The number of hydrazine groups is 1. The maximum absolute atomic E-state index is 13.9. The lowest BCUT2D eigenvalue weighted by molar-refractivity contribution is -0.349. The lowest BCUT2D eigenvalue weighted by Crippen LogP contribution is -2.81. The first-order valence-corrected chi connectivity index (χ1v) is 35.1. The van der Waals surface area contributed by atoms with Crippen molar-refractivity contribution in [2.45, 2.75) is 267 Å². The topological polar surface area (TPSA) is 237 Å². The molecule has 0 radical (unpaired) electrons. The van der Waals surface area contributed by atoms with Crippen LogP contribution >= 0.6 is 0 Å². The standard InChI is InChI=1S/C73H98N2O13/c1-42-53(43(2)78)57(80)54-46(56(42)79)27-44(61(83)84)28-50(54)86-62-58(81)60(82)73(52(32-77)87-62)30-49-55-47(11-12-48(55)71(88-73)21-9-19-66(38-71)23-22-63(34-66)13-3-4-14-63)70(20-10-26-76)41-85-33-45-29-67-39-69(31-51(67)74-75-72(49,40-67)59(45)70)37-65(17-7-8-18-65)36-68(69)25-24-64(35-68)15-5-6-16-64/h11,27-28,45,49,51-52,58-60,62,74-77,79-82H,3-10,12-26,29-41H2,1-2H3,(H,83,84)/t45-,49-,51+,52-,58-,59-,60-,62-,66-,67-,68-,69+,70+,71-,72-,73-/m1/s1. The van der Waals surface area contributed by atoms with Crippen LogP contribution in [0.3, 0.4) is 0 Å². The van der Waals surface area contributed by atoms with Gasteiger partial charge in [0.2, 0.25) is 6.29 Å². The van der Waals surface area contributed by atoms with Crippen molar-refractivity contribution >= 4 is 22.5 Å². The van der Waals surface area contributed by atoms with Gasteiger partial charge in [0.05, 0.1) is 35.3 Å². The Labute approximate surface area is 518 Å². The summed E-state index contributed by atoms with van der Waals surface area (Å²) in [5, 5.41) is 84.0. The van der Waals surface area contributed by atoms with Crippen LogP contribution in [0.5, 0.6) is 17.2 Å². The molecule has 13 fully saturated rings. The quantitative estimate of drug-likeness (QED) is 0.0883. The molecule has 88 heavy (non-hydrogen) atoms. The molecule has 0 amide bonds. The molecule has 478 valence electrons. The number of fused-ring (bicyclic) bond motifs is 4. The van der Waals surface area contributed by atoms with Crippen LogP contribution in [0.2, 0.25) is 0 Å². The van der Waals surface area contributed by atoms with E-state index in [0.717, 1.165) is 51.4 Å². The zero-order chi connectivity index (χ0) is 60.4. The van der Waals surface area contributed by atoms with E-state index in [-0.39, 0.29) is 86.3 Å². The highest BCUT2D eigenvalue weighted by Crippen LogP contribution is 2.83. The van der Waals surface area contributed by atoms with Gasteiger partial charge in [-0.15, -0.1) is 0 Å². The Bertz CT molecular complexity index is 3330. The predicted octanol–water partition coefficient (Wildman–Crippen LogP) is 11.6. The number of nitrogens with one attached hydrogen (secondary N) is 2. The van der Waals surface area contributed by atoms with E-state index in [0.29, 0.717) is 54.1 Å². The Morgan fingerprint density at radius 1 is 0.750 bits per heavy atom. The van der Waals surface area contributed by atoms with Crippen LogP contribution in [0.15, 0.2) is 34.9 Å². The van der Waals surface area contributed by atoms with E-state index in [2.05, 4.69) is 16.9 Å². The van der Waals surface area contributed by atoms with Crippen LogP contribution in [0, 0.1) is 68.0 Å².